The average molecular weight is 1240 g/mol. The quantitative estimate of drug-likeness (QED) is 0.0598. The van der Waals surface area contributed by atoms with Crippen molar-refractivity contribution in [1.82, 2.24) is 44.9 Å². The van der Waals surface area contributed by atoms with Crippen molar-refractivity contribution in [2.75, 3.05) is 116 Å². The van der Waals surface area contributed by atoms with Gasteiger partial charge in [-0.3, -0.25) is 19.5 Å². The van der Waals surface area contributed by atoms with Crippen LogP contribution >= 0.6 is 23.2 Å². The van der Waals surface area contributed by atoms with Crippen LogP contribution in [0.1, 0.15) is 48.4 Å². The van der Waals surface area contributed by atoms with Crippen LogP contribution in [0.4, 0.5) is 26.1 Å². The highest BCUT2D eigenvalue weighted by molar-refractivity contribution is 6.37. The van der Waals surface area contributed by atoms with Gasteiger partial charge in [0, 0.05) is 135 Å². The van der Waals surface area contributed by atoms with Gasteiger partial charge in [-0.05, 0) is 93.2 Å². The lowest BCUT2D eigenvalue weighted by Gasteiger charge is -2.33. The van der Waals surface area contributed by atoms with Crippen molar-refractivity contribution in [2.24, 2.45) is 0 Å². The maximum Gasteiger partial charge on any atom is 0.330 e. The summed E-state index contributed by atoms with van der Waals surface area (Å²) in [5, 5.41) is 6.55. The fourth-order valence-corrected chi connectivity index (χ4v) is 13.0. The molecule has 11 rings (SSSR count). The van der Waals surface area contributed by atoms with E-state index in [-0.39, 0.29) is 71.4 Å². The van der Waals surface area contributed by atoms with Gasteiger partial charge >= 0.3 is 24.0 Å². The first-order chi connectivity index (χ1) is 42.5. The van der Waals surface area contributed by atoms with E-state index < -0.39 is 29.5 Å². The molecule has 7 heterocycles. The number of rotatable bonds is 19. The van der Waals surface area contributed by atoms with Gasteiger partial charge in [0.15, 0.2) is 5.82 Å². The second kappa shape index (κ2) is 26.6. The first-order valence-corrected chi connectivity index (χ1v) is 30.0. The Morgan fingerprint density at radius 1 is 0.773 bits per heavy atom. The molecule has 0 aliphatic carbocycles. The SMILES string of the molecule is COC(=O)/C=C/C(=O)NCCN(C)c1nc(OC[C@@H]2CC(c3ccc(Cl)c4c(-c5ncc6c(N(C)C7CCN(C(=O)/C=C/C(=O)OC)C7)nc(OC[C@@H]7CCCN7C)nc6c5F)cccc34)CN2C)nc2c1CCN(c1cccc3ccc(F)c(Cl)c13)C2. The van der Waals surface area contributed by atoms with Gasteiger partial charge in [0.25, 0.3) is 0 Å². The summed E-state index contributed by atoms with van der Waals surface area (Å²) in [7, 11) is 10.3. The zero-order chi connectivity index (χ0) is 61.9. The van der Waals surface area contributed by atoms with Crippen LogP contribution in [0.5, 0.6) is 12.0 Å². The molecule has 4 aromatic carbocycles. The number of hydrogen-bond acceptors (Lipinski definition) is 18. The van der Waals surface area contributed by atoms with Crippen LogP contribution in [0.25, 0.3) is 43.7 Å². The molecule has 1 N–H and O–H groups in total. The standard InChI is InChI=1S/C64H68Cl2F2N12O8/c1-75-26-9-11-40(75)35-87-64-72-60-46(62(74-64)78(4)39-23-27-80(33-39)52(82)20-22-54(84)86-6)31-70-59(58(60)68)45-13-8-12-43-42(16-17-47(65)56(43)45)38-30-41(77(3)32-38)36-88-63-71-49-34-79(50-14-7-10-37-15-18-48(67)57(66)55(37)50)28-24-44(49)61(73-63)76(2)29-25-69-51(81)19-21-53(83)85-5/h7-8,10,12-22,31,38-41H,9,11,23-30,32-36H2,1-6H3,(H,69,81)/b21-19+,22-20+/t38?,39?,40-,41-/m0/s1. The third kappa shape index (κ3) is 12.8. The predicted molar refractivity (Wildman–Crippen MR) is 333 cm³/mol. The smallest absolute Gasteiger partial charge is 0.330 e. The molecule has 2 unspecified atom stereocenters. The Morgan fingerprint density at radius 2 is 1.52 bits per heavy atom. The number of nitrogens with one attached hydrogen (secondary N) is 1. The number of hydrogen-bond donors (Lipinski definition) is 1. The number of likely N-dealkylation sites (N-methyl/N-ethyl adjacent to an activating group) is 4. The molecule has 4 aliphatic rings. The van der Waals surface area contributed by atoms with Crippen molar-refractivity contribution in [3.8, 4) is 23.3 Å². The van der Waals surface area contributed by atoms with Crippen molar-refractivity contribution in [2.45, 2.75) is 62.7 Å². The van der Waals surface area contributed by atoms with Crippen molar-refractivity contribution in [3.05, 3.63) is 130 Å². The molecule has 4 aliphatic heterocycles. The van der Waals surface area contributed by atoms with Crippen molar-refractivity contribution in [1.29, 1.82) is 0 Å². The maximum absolute atomic E-state index is 17.7. The summed E-state index contributed by atoms with van der Waals surface area (Å²) in [6, 6.07) is 18.5. The Hall–Kier alpha value is -8.31. The summed E-state index contributed by atoms with van der Waals surface area (Å²) in [5.41, 5.74) is 4.01. The highest BCUT2D eigenvalue weighted by Crippen LogP contribution is 2.44. The summed E-state index contributed by atoms with van der Waals surface area (Å²) >= 11 is 13.8. The van der Waals surface area contributed by atoms with Gasteiger partial charge in [0.1, 0.15) is 41.9 Å². The number of carbonyl (C=O) groups excluding carboxylic acids is 4. The number of esters is 2. The van der Waals surface area contributed by atoms with Crippen molar-refractivity contribution < 1.29 is 46.9 Å². The molecule has 0 saturated carbocycles. The number of carbonyl (C=O) groups is 4. The first kappa shape index (κ1) is 61.3. The molecule has 0 bridgehead atoms. The van der Waals surface area contributed by atoms with Gasteiger partial charge in [-0.25, -0.2) is 18.4 Å². The van der Waals surface area contributed by atoms with Gasteiger partial charge in [0.05, 0.1) is 36.9 Å². The van der Waals surface area contributed by atoms with Crippen LogP contribution in [0.2, 0.25) is 10.0 Å². The monoisotopic (exact) mass is 1240 g/mol. The zero-order valence-corrected chi connectivity index (χ0v) is 51.3. The molecule has 0 spiro atoms. The van der Waals surface area contributed by atoms with E-state index in [0.717, 1.165) is 70.9 Å². The van der Waals surface area contributed by atoms with E-state index in [4.69, 9.17) is 57.6 Å². The number of methoxy groups -OCH3 is 2. The molecule has 7 aromatic rings. The molecule has 3 fully saturated rings. The Kier molecular flexibility index (Phi) is 18.5. The zero-order valence-electron chi connectivity index (χ0n) is 49.8. The van der Waals surface area contributed by atoms with E-state index in [9.17, 15) is 23.6 Å². The van der Waals surface area contributed by atoms with Crippen LogP contribution in [0.15, 0.2) is 91.2 Å². The second-order valence-corrected chi connectivity index (χ2v) is 23.5. The third-order valence-corrected chi connectivity index (χ3v) is 18.1. The highest BCUT2D eigenvalue weighted by atomic mass is 35.5. The number of fused-ring (bicyclic) bond motifs is 4. The Balaban J connectivity index is 0.857. The molecule has 0 radical (unpaired) electrons. The number of benzene rings is 4. The molecule has 460 valence electrons. The lowest BCUT2D eigenvalue weighted by molar-refractivity contribution is -0.135. The molecule has 88 heavy (non-hydrogen) atoms. The van der Waals surface area contributed by atoms with Gasteiger partial charge in [-0.15, -0.1) is 0 Å². The van der Waals surface area contributed by atoms with E-state index in [1.54, 1.807) is 17.2 Å². The lowest BCUT2D eigenvalue weighted by Crippen LogP contribution is -2.37. The number of nitrogens with zero attached hydrogens (tertiary/aromatic N) is 11. The predicted octanol–water partition coefficient (Wildman–Crippen LogP) is 8.32. The topological polar surface area (TPSA) is 201 Å². The number of halogens is 4. The largest absolute Gasteiger partial charge is 0.466 e. The number of pyridine rings is 1. The van der Waals surface area contributed by atoms with Gasteiger partial charge in [-0.1, -0.05) is 65.7 Å². The second-order valence-electron chi connectivity index (χ2n) is 22.7. The molecule has 2 amide bonds. The number of likely N-dealkylation sites (tertiary alicyclic amines) is 3. The van der Waals surface area contributed by atoms with E-state index in [2.05, 4.69) is 29.5 Å². The Labute approximate surface area is 518 Å². The molecule has 4 atom stereocenters. The van der Waals surface area contributed by atoms with Gasteiger partial charge in [-0.2, -0.15) is 19.9 Å². The van der Waals surface area contributed by atoms with Crippen LogP contribution in [-0.2, 0) is 41.6 Å². The van der Waals surface area contributed by atoms with Crippen molar-refractivity contribution in [3.63, 3.8) is 0 Å². The third-order valence-electron chi connectivity index (χ3n) is 17.4. The number of aromatic nitrogens is 5. The van der Waals surface area contributed by atoms with Crippen LogP contribution in [0.3, 0.4) is 0 Å². The minimum atomic E-state index is -0.670. The van der Waals surface area contributed by atoms with E-state index in [1.165, 1.54) is 26.4 Å². The Bertz CT molecular complexity index is 3920. The fourth-order valence-electron chi connectivity index (χ4n) is 12.5. The molecule has 24 heteroatoms. The van der Waals surface area contributed by atoms with E-state index >= 15 is 4.39 Å². The van der Waals surface area contributed by atoms with Crippen LogP contribution in [0, 0.1) is 11.6 Å². The minimum absolute atomic E-state index is 0.00731. The molecular weight excluding hydrogens is 1170 g/mol. The highest BCUT2D eigenvalue weighted by Gasteiger charge is 2.35. The molecule has 20 nitrogen and oxygen atoms in total. The normalized spacial score (nSPS) is 18.9. The summed E-state index contributed by atoms with van der Waals surface area (Å²) in [6.07, 6.45) is 9.86. The summed E-state index contributed by atoms with van der Waals surface area (Å²) in [5.74, 6) is -2.18. The fraction of sp³-hybridized carbons (Fsp3) is 0.391. The van der Waals surface area contributed by atoms with Crippen LogP contribution in [-0.4, -0.2) is 183 Å². The van der Waals surface area contributed by atoms with Gasteiger partial charge in [0.2, 0.25) is 11.8 Å². The number of ether oxygens (including phenoxy) is 4. The minimum Gasteiger partial charge on any atom is -0.466 e. The van der Waals surface area contributed by atoms with E-state index in [0.29, 0.717) is 104 Å². The Morgan fingerprint density at radius 3 is 2.30 bits per heavy atom. The summed E-state index contributed by atoms with van der Waals surface area (Å²) in [4.78, 5) is 85.5. The van der Waals surface area contributed by atoms with E-state index in [1.807, 2.05) is 86.5 Å². The lowest BCUT2D eigenvalue weighted by atomic mass is 9.89. The van der Waals surface area contributed by atoms with Crippen LogP contribution < -0.4 is 29.5 Å². The summed E-state index contributed by atoms with van der Waals surface area (Å²) in [6.45, 7) is 4.45. The molecule has 3 aromatic heterocycles. The van der Waals surface area contributed by atoms with Crippen molar-refractivity contribution >= 4 is 96.7 Å². The first-order valence-electron chi connectivity index (χ1n) is 29.3. The molecular formula is C64H68Cl2F2N12O8. The number of anilines is 3. The maximum atomic E-state index is 17.7. The molecule has 3 saturated heterocycles. The number of amides is 2. The summed E-state index contributed by atoms with van der Waals surface area (Å²) < 4.78 is 54.8. The van der Waals surface area contributed by atoms with Gasteiger partial charge < -0.3 is 48.8 Å². The average Bonchev–Trinajstić information content (AvgIpc) is 4.06.